The fourth-order valence-corrected chi connectivity index (χ4v) is 4.30. The molecule has 174 valence electrons. The van der Waals surface area contributed by atoms with E-state index < -0.39 is 0 Å². The first-order valence-corrected chi connectivity index (χ1v) is 12.1. The van der Waals surface area contributed by atoms with Crippen LogP contribution in [0.2, 0.25) is 0 Å². The van der Waals surface area contributed by atoms with Gasteiger partial charge in [-0.15, -0.1) is 16.8 Å². The van der Waals surface area contributed by atoms with Crippen molar-refractivity contribution in [2.24, 2.45) is 0 Å². The van der Waals surface area contributed by atoms with Crippen molar-refractivity contribution in [3.8, 4) is 5.75 Å². The average molecular weight is 465 g/mol. The van der Waals surface area contributed by atoms with Crippen LogP contribution in [0.3, 0.4) is 0 Å². The third-order valence-electron chi connectivity index (χ3n) is 5.12. The van der Waals surface area contributed by atoms with E-state index in [2.05, 4.69) is 42.0 Å². The number of ether oxygens (including phenoxy) is 1. The molecule has 1 heterocycles. The topological polar surface area (TPSA) is 69.0 Å². The van der Waals surface area contributed by atoms with Crippen LogP contribution in [-0.2, 0) is 11.3 Å². The summed E-state index contributed by atoms with van der Waals surface area (Å²) >= 11 is 1.35. The quantitative estimate of drug-likeness (QED) is 0.291. The van der Waals surface area contributed by atoms with Crippen LogP contribution in [0.15, 0.2) is 60.3 Å². The Morgan fingerprint density at radius 1 is 1.12 bits per heavy atom. The van der Waals surface area contributed by atoms with Gasteiger partial charge >= 0.3 is 0 Å². The first-order chi connectivity index (χ1) is 15.8. The van der Waals surface area contributed by atoms with Gasteiger partial charge in [-0.2, -0.15) is 0 Å². The minimum Gasteiger partial charge on any atom is -0.483 e. The maximum Gasteiger partial charge on any atom is 0.234 e. The normalized spacial score (nSPS) is 11.9. The van der Waals surface area contributed by atoms with Crippen LogP contribution in [-0.4, -0.2) is 26.4 Å². The van der Waals surface area contributed by atoms with Crippen LogP contribution in [0.5, 0.6) is 5.75 Å². The minimum absolute atomic E-state index is 0.0912. The van der Waals surface area contributed by atoms with Crippen molar-refractivity contribution in [3.05, 3.63) is 77.6 Å². The standard InChI is InChI=1S/C26H32N4O2S/c1-7-12-30-25(20(6)32-23-14-18(4)13-19(5)15-23)28-29-26(30)33-16-24(31)27-22-10-8-21(9-11-22)17(2)3/h7-11,13-15,17,20H,1,12,16H2,2-6H3,(H,27,31). The van der Waals surface area contributed by atoms with E-state index in [1.54, 1.807) is 6.08 Å². The van der Waals surface area contributed by atoms with E-state index in [0.717, 1.165) is 22.6 Å². The van der Waals surface area contributed by atoms with Crippen LogP contribution in [0.25, 0.3) is 0 Å². The molecule has 0 saturated heterocycles. The Morgan fingerprint density at radius 3 is 2.39 bits per heavy atom. The van der Waals surface area contributed by atoms with Gasteiger partial charge in [0, 0.05) is 12.2 Å². The van der Waals surface area contributed by atoms with Crippen molar-refractivity contribution in [2.75, 3.05) is 11.1 Å². The molecule has 0 aliphatic carbocycles. The number of allylic oxidation sites excluding steroid dienone is 1. The maximum atomic E-state index is 12.5. The predicted molar refractivity (Wildman–Crippen MR) is 135 cm³/mol. The van der Waals surface area contributed by atoms with E-state index in [1.807, 2.05) is 61.7 Å². The molecule has 3 aromatic rings. The number of rotatable bonds is 10. The lowest BCUT2D eigenvalue weighted by Gasteiger charge is -2.16. The van der Waals surface area contributed by atoms with Crippen molar-refractivity contribution in [1.29, 1.82) is 0 Å². The summed E-state index contributed by atoms with van der Waals surface area (Å²) in [6, 6.07) is 14.1. The monoisotopic (exact) mass is 464 g/mol. The number of anilines is 1. The molecule has 1 amide bonds. The Kier molecular flexibility index (Phi) is 8.33. The molecule has 0 bridgehead atoms. The fourth-order valence-electron chi connectivity index (χ4n) is 3.54. The summed E-state index contributed by atoms with van der Waals surface area (Å²) in [5.41, 5.74) is 4.31. The smallest absolute Gasteiger partial charge is 0.234 e. The molecule has 0 spiro atoms. The second-order valence-corrected chi connectivity index (χ2v) is 9.38. The second kappa shape index (κ2) is 11.2. The lowest BCUT2D eigenvalue weighted by molar-refractivity contribution is -0.113. The largest absolute Gasteiger partial charge is 0.483 e. The van der Waals surface area contributed by atoms with Crippen molar-refractivity contribution in [3.63, 3.8) is 0 Å². The number of nitrogens with one attached hydrogen (secondary N) is 1. The molecule has 1 atom stereocenters. The zero-order valence-corrected chi connectivity index (χ0v) is 20.8. The van der Waals surface area contributed by atoms with E-state index in [9.17, 15) is 4.79 Å². The summed E-state index contributed by atoms with van der Waals surface area (Å²) in [6.45, 7) is 14.7. The summed E-state index contributed by atoms with van der Waals surface area (Å²) in [7, 11) is 0. The molecule has 7 heteroatoms. The number of hydrogen-bond acceptors (Lipinski definition) is 5. The number of carbonyl (C=O) groups excluding carboxylic acids is 1. The summed E-state index contributed by atoms with van der Waals surface area (Å²) in [6.07, 6.45) is 1.48. The van der Waals surface area contributed by atoms with E-state index in [-0.39, 0.29) is 17.8 Å². The van der Waals surface area contributed by atoms with Gasteiger partial charge in [0.15, 0.2) is 17.1 Å². The number of benzene rings is 2. The molecule has 0 aliphatic heterocycles. The maximum absolute atomic E-state index is 12.5. The van der Waals surface area contributed by atoms with E-state index >= 15 is 0 Å². The molecule has 3 rings (SSSR count). The van der Waals surface area contributed by atoms with Gasteiger partial charge in [0.25, 0.3) is 0 Å². The molecule has 0 fully saturated rings. The van der Waals surface area contributed by atoms with Crippen LogP contribution in [0.4, 0.5) is 5.69 Å². The molecule has 0 aliphatic rings. The highest BCUT2D eigenvalue weighted by Crippen LogP contribution is 2.26. The van der Waals surface area contributed by atoms with Crippen LogP contribution in [0, 0.1) is 13.8 Å². The minimum atomic E-state index is -0.304. The number of nitrogens with zero attached hydrogens (tertiary/aromatic N) is 3. The number of carbonyl (C=O) groups is 1. The van der Waals surface area contributed by atoms with Crippen molar-refractivity contribution >= 4 is 23.4 Å². The van der Waals surface area contributed by atoms with Crippen LogP contribution in [0.1, 0.15) is 55.3 Å². The van der Waals surface area contributed by atoms with Crippen LogP contribution < -0.4 is 10.1 Å². The molecule has 0 radical (unpaired) electrons. The Hall–Kier alpha value is -3.06. The molecule has 1 aromatic heterocycles. The van der Waals surface area contributed by atoms with Crippen molar-refractivity contribution in [2.45, 2.75) is 58.3 Å². The lowest BCUT2D eigenvalue weighted by atomic mass is 10.0. The molecule has 1 N–H and O–H groups in total. The Bertz CT molecular complexity index is 1090. The zero-order chi connectivity index (χ0) is 24.0. The SMILES string of the molecule is C=CCn1c(SCC(=O)Nc2ccc(C(C)C)cc2)nnc1C(C)Oc1cc(C)cc(C)c1. The van der Waals surface area contributed by atoms with E-state index in [0.29, 0.717) is 23.4 Å². The van der Waals surface area contributed by atoms with Gasteiger partial charge in [0.2, 0.25) is 5.91 Å². The molecule has 0 saturated carbocycles. The van der Waals surface area contributed by atoms with Crippen molar-refractivity contribution < 1.29 is 9.53 Å². The molecular formula is C26H32N4O2S. The molecule has 6 nitrogen and oxygen atoms in total. The highest BCUT2D eigenvalue weighted by atomic mass is 32.2. The van der Waals surface area contributed by atoms with Gasteiger partial charge in [-0.05, 0) is 67.6 Å². The Labute approximate surface area is 200 Å². The number of amides is 1. The predicted octanol–water partition coefficient (Wildman–Crippen LogP) is 6.08. The highest BCUT2D eigenvalue weighted by Gasteiger charge is 2.20. The van der Waals surface area contributed by atoms with Gasteiger partial charge in [0.1, 0.15) is 5.75 Å². The summed E-state index contributed by atoms with van der Waals surface area (Å²) in [4.78, 5) is 12.5. The fraction of sp³-hybridized carbons (Fsp3) is 0.346. The number of hydrogen-bond donors (Lipinski definition) is 1. The van der Waals surface area contributed by atoms with Gasteiger partial charge in [-0.1, -0.05) is 49.9 Å². The summed E-state index contributed by atoms with van der Waals surface area (Å²) in [5, 5.41) is 12.3. The number of aryl methyl sites for hydroxylation is 2. The number of thioether (sulfide) groups is 1. The van der Waals surface area contributed by atoms with Crippen LogP contribution >= 0.6 is 11.8 Å². The zero-order valence-electron chi connectivity index (χ0n) is 20.0. The van der Waals surface area contributed by atoms with Crippen molar-refractivity contribution in [1.82, 2.24) is 14.8 Å². The van der Waals surface area contributed by atoms with Gasteiger partial charge in [-0.25, -0.2) is 0 Å². The lowest BCUT2D eigenvalue weighted by Crippen LogP contribution is -2.15. The van der Waals surface area contributed by atoms with E-state index in [1.165, 1.54) is 17.3 Å². The highest BCUT2D eigenvalue weighted by molar-refractivity contribution is 7.99. The summed E-state index contributed by atoms with van der Waals surface area (Å²) in [5.74, 6) is 2.09. The first kappa shape index (κ1) is 24.6. The third kappa shape index (κ3) is 6.71. The average Bonchev–Trinajstić information content (AvgIpc) is 3.15. The molecular weight excluding hydrogens is 432 g/mol. The molecule has 2 aromatic carbocycles. The van der Waals surface area contributed by atoms with Gasteiger partial charge < -0.3 is 10.1 Å². The second-order valence-electron chi connectivity index (χ2n) is 8.44. The van der Waals surface area contributed by atoms with Gasteiger partial charge in [0.05, 0.1) is 5.75 Å². The molecule has 1 unspecified atom stereocenters. The Morgan fingerprint density at radius 2 is 1.79 bits per heavy atom. The summed E-state index contributed by atoms with van der Waals surface area (Å²) < 4.78 is 8.09. The number of aromatic nitrogens is 3. The van der Waals surface area contributed by atoms with Gasteiger partial charge in [-0.3, -0.25) is 9.36 Å². The Balaban J connectivity index is 1.65. The first-order valence-electron chi connectivity index (χ1n) is 11.1. The van der Waals surface area contributed by atoms with E-state index in [4.69, 9.17) is 4.74 Å². The third-order valence-corrected chi connectivity index (χ3v) is 6.09. The molecule has 33 heavy (non-hydrogen) atoms.